The third kappa shape index (κ3) is 2.92. The van der Waals surface area contributed by atoms with Crippen molar-refractivity contribution in [2.24, 2.45) is 11.3 Å². The van der Waals surface area contributed by atoms with E-state index in [0.717, 1.165) is 45.4 Å². The number of piperidine rings is 1. The predicted molar refractivity (Wildman–Crippen MR) is 97.1 cm³/mol. The van der Waals surface area contributed by atoms with Gasteiger partial charge in [-0.3, -0.25) is 4.79 Å². The Morgan fingerprint density at radius 2 is 1.92 bits per heavy atom. The second kappa shape index (κ2) is 6.75. The van der Waals surface area contributed by atoms with E-state index in [1.807, 2.05) is 0 Å². The van der Waals surface area contributed by atoms with Crippen LogP contribution in [-0.2, 0) is 4.79 Å². The molecule has 24 heavy (non-hydrogen) atoms. The molecule has 2 heterocycles. The molecule has 1 aliphatic carbocycles. The van der Waals surface area contributed by atoms with Gasteiger partial charge in [-0.1, -0.05) is 31.0 Å². The highest BCUT2D eigenvalue weighted by molar-refractivity contribution is 5.84. The number of fused-ring (bicyclic) bond motifs is 1. The molecule has 130 valence electrons. The number of carbonyl (C=O) groups is 1. The van der Waals surface area contributed by atoms with E-state index in [9.17, 15) is 4.79 Å². The Bertz CT molecular complexity index is 568. The molecule has 2 aliphatic heterocycles. The zero-order valence-corrected chi connectivity index (χ0v) is 14.5. The van der Waals surface area contributed by atoms with E-state index in [2.05, 4.69) is 45.9 Å². The molecule has 1 saturated carbocycles. The van der Waals surface area contributed by atoms with E-state index in [1.54, 1.807) is 0 Å². The van der Waals surface area contributed by atoms with E-state index in [4.69, 9.17) is 0 Å². The fourth-order valence-electron chi connectivity index (χ4n) is 4.94. The number of para-hydroxylation sites is 1. The number of nitrogens with one attached hydrogen (secondary N) is 2. The van der Waals surface area contributed by atoms with Gasteiger partial charge in [0, 0.05) is 31.4 Å². The Hall–Kier alpha value is -1.55. The highest BCUT2D eigenvalue weighted by Crippen LogP contribution is 2.44. The molecular weight excluding hydrogens is 298 g/mol. The molecule has 2 N–H and O–H groups in total. The maximum atomic E-state index is 13.1. The minimum absolute atomic E-state index is 0.116. The minimum Gasteiger partial charge on any atom is -0.371 e. The molecule has 0 bridgehead atoms. The first-order chi connectivity index (χ1) is 11.8. The van der Waals surface area contributed by atoms with Crippen LogP contribution in [-0.4, -0.2) is 38.1 Å². The highest BCUT2D eigenvalue weighted by Gasteiger charge is 2.50. The lowest BCUT2D eigenvalue weighted by Crippen LogP contribution is -2.53. The topological polar surface area (TPSA) is 44.4 Å². The molecule has 4 nitrogen and oxygen atoms in total. The molecule has 0 radical (unpaired) electrons. The summed E-state index contributed by atoms with van der Waals surface area (Å²) in [5.74, 6) is 0.881. The van der Waals surface area contributed by atoms with Crippen molar-refractivity contribution in [3.63, 3.8) is 0 Å². The largest absolute Gasteiger partial charge is 0.371 e. The molecule has 3 fully saturated rings. The predicted octanol–water partition coefficient (Wildman–Crippen LogP) is 2.55. The summed E-state index contributed by atoms with van der Waals surface area (Å²) in [5.41, 5.74) is 1.18. The van der Waals surface area contributed by atoms with E-state index >= 15 is 0 Å². The lowest BCUT2D eigenvalue weighted by Gasteiger charge is -2.40. The van der Waals surface area contributed by atoms with Crippen LogP contribution in [0, 0.1) is 11.3 Å². The Morgan fingerprint density at radius 3 is 2.71 bits per heavy atom. The first kappa shape index (κ1) is 15.9. The van der Waals surface area contributed by atoms with Gasteiger partial charge in [-0.05, 0) is 50.3 Å². The lowest BCUT2D eigenvalue weighted by molar-refractivity contribution is -0.134. The van der Waals surface area contributed by atoms with Gasteiger partial charge in [-0.25, -0.2) is 0 Å². The molecular formula is C20H29N3O. The van der Waals surface area contributed by atoms with Crippen LogP contribution in [0.1, 0.15) is 38.5 Å². The number of hydrogen-bond acceptors (Lipinski definition) is 3. The Morgan fingerprint density at radius 1 is 1.12 bits per heavy atom. The molecule has 3 aliphatic rings. The number of anilines is 1. The van der Waals surface area contributed by atoms with Gasteiger partial charge in [-0.15, -0.1) is 0 Å². The smallest absolute Gasteiger partial charge is 0.228 e. The van der Waals surface area contributed by atoms with Gasteiger partial charge in [0.05, 0.1) is 5.41 Å². The van der Waals surface area contributed by atoms with Crippen molar-refractivity contribution in [1.29, 1.82) is 0 Å². The molecule has 0 unspecified atom stereocenters. The van der Waals surface area contributed by atoms with E-state index in [0.29, 0.717) is 17.9 Å². The number of nitrogens with zero attached hydrogens (tertiary/aromatic N) is 1. The summed E-state index contributed by atoms with van der Waals surface area (Å²) >= 11 is 0. The summed E-state index contributed by atoms with van der Waals surface area (Å²) in [6.45, 7) is 3.97. The number of amides is 1. The van der Waals surface area contributed by atoms with Gasteiger partial charge in [0.25, 0.3) is 0 Å². The van der Waals surface area contributed by atoms with Crippen molar-refractivity contribution < 1.29 is 4.79 Å². The second-order valence-electron chi connectivity index (χ2n) is 7.80. The van der Waals surface area contributed by atoms with Crippen molar-refractivity contribution >= 4 is 11.6 Å². The lowest BCUT2D eigenvalue weighted by atomic mass is 9.67. The average molecular weight is 327 g/mol. The van der Waals surface area contributed by atoms with Gasteiger partial charge >= 0.3 is 0 Å². The summed E-state index contributed by atoms with van der Waals surface area (Å²) in [4.78, 5) is 15.5. The molecule has 1 aromatic rings. The summed E-state index contributed by atoms with van der Waals surface area (Å²) < 4.78 is 0. The van der Waals surface area contributed by atoms with E-state index < -0.39 is 0 Å². The van der Waals surface area contributed by atoms with Crippen molar-refractivity contribution in [3.8, 4) is 0 Å². The SMILES string of the molecule is O=C(NC1CCN(c2ccccc2)CC1)[C@@]12CCCC[C@H]1CNC2. The van der Waals surface area contributed by atoms with Crippen molar-refractivity contribution in [2.75, 3.05) is 31.1 Å². The Balaban J connectivity index is 1.34. The van der Waals surface area contributed by atoms with Gasteiger partial charge in [-0.2, -0.15) is 0 Å². The van der Waals surface area contributed by atoms with Gasteiger partial charge in [0.1, 0.15) is 0 Å². The molecule has 4 rings (SSSR count). The van der Waals surface area contributed by atoms with Crippen LogP contribution >= 0.6 is 0 Å². The summed E-state index contributed by atoms with van der Waals surface area (Å²) in [7, 11) is 0. The fourth-order valence-corrected chi connectivity index (χ4v) is 4.94. The third-order valence-corrected chi connectivity index (χ3v) is 6.44. The number of benzene rings is 1. The third-order valence-electron chi connectivity index (χ3n) is 6.44. The van der Waals surface area contributed by atoms with Crippen LogP contribution in [0.2, 0.25) is 0 Å². The molecule has 0 aromatic heterocycles. The number of rotatable bonds is 3. The van der Waals surface area contributed by atoms with Crippen LogP contribution in [0.3, 0.4) is 0 Å². The van der Waals surface area contributed by atoms with Crippen molar-refractivity contribution in [1.82, 2.24) is 10.6 Å². The van der Waals surface area contributed by atoms with Crippen LogP contribution in [0.4, 0.5) is 5.69 Å². The summed E-state index contributed by atoms with van der Waals surface area (Å²) in [5, 5.41) is 6.90. The molecule has 1 aromatic carbocycles. The van der Waals surface area contributed by atoms with Crippen LogP contribution in [0.15, 0.2) is 30.3 Å². The molecule has 0 spiro atoms. The van der Waals surface area contributed by atoms with Crippen LogP contribution in [0.25, 0.3) is 0 Å². The highest BCUT2D eigenvalue weighted by atomic mass is 16.2. The number of hydrogen-bond donors (Lipinski definition) is 2. The van der Waals surface area contributed by atoms with E-state index in [-0.39, 0.29) is 5.41 Å². The number of carbonyl (C=O) groups excluding carboxylic acids is 1. The van der Waals surface area contributed by atoms with Gasteiger partial charge in [0.15, 0.2) is 0 Å². The van der Waals surface area contributed by atoms with Crippen molar-refractivity contribution in [2.45, 2.75) is 44.6 Å². The standard InChI is InChI=1S/C20H29N3O/c24-19(20-11-5-4-6-16(20)14-21-15-20)22-17-9-12-23(13-10-17)18-7-2-1-3-8-18/h1-3,7-8,16-17,21H,4-6,9-15H2,(H,22,24)/t16-,20+/m0/s1. The molecule has 4 heteroatoms. The first-order valence-electron chi connectivity index (χ1n) is 9.60. The minimum atomic E-state index is -0.116. The van der Waals surface area contributed by atoms with Gasteiger partial charge in [0.2, 0.25) is 5.91 Å². The fraction of sp³-hybridized carbons (Fsp3) is 0.650. The zero-order valence-electron chi connectivity index (χ0n) is 14.5. The Kier molecular flexibility index (Phi) is 4.49. The summed E-state index contributed by atoms with van der Waals surface area (Å²) in [6, 6.07) is 10.9. The van der Waals surface area contributed by atoms with Gasteiger partial charge < -0.3 is 15.5 Å². The second-order valence-corrected chi connectivity index (χ2v) is 7.80. The average Bonchev–Trinajstić information content (AvgIpc) is 3.08. The normalized spacial score (nSPS) is 30.8. The zero-order chi connectivity index (χ0) is 16.4. The molecule has 1 amide bonds. The molecule has 2 saturated heterocycles. The maximum Gasteiger partial charge on any atom is 0.228 e. The van der Waals surface area contributed by atoms with Crippen LogP contribution < -0.4 is 15.5 Å². The van der Waals surface area contributed by atoms with E-state index in [1.165, 1.54) is 24.9 Å². The maximum absolute atomic E-state index is 13.1. The summed E-state index contributed by atoms with van der Waals surface area (Å²) in [6.07, 6.45) is 6.88. The quantitative estimate of drug-likeness (QED) is 0.897. The Labute approximate surface area is 145 Å². The first-order valence-corrected chi connectivity index (χ1v) is 9.60. The van der Waals surface area contributed by atoms with Crippen molar-refractivity contribution in [3.05, 3.63) is 30.3 Å². The van der Waals surface area contributed by atoms with Crippen LogP contribution in [0.5, 0.6) is 0 Å². The molecule has 2 atom stereocenters. The monoisotopic (exact) mass is 327 g/mol.